The molecule has 0 spiro atoms. The van der Waals surface area contributed by atoms with Gasteiger partial charge in [-0.2, -0.15) is 0 Å². The first-order valence-corrected chi connectivity index (χ1v) is 9.66. The van der Waals surface area contributed by atoms with E-state index >= 15 is 0 Å². The van der Waals surface area contributed by atoms with Gasteiger partial charge in [-0.3, -0.25) is 9.59 Å². The fourth-order valence-electron chi connectivity index (χ4n) is 3.60. The molecule has 0 saturated carbocycles. The molecular weight excluding hydrogens is 332 g/mol. The highest BCUT2D eigenvalue weighted by Crippen LogP contribution is 2.37. The van der Waals surface area contributed by atoms with E-state index in [1.807, 2.05) is 41.3 Å². The number of hydrogen-bond donors (Lipinski definition) is 0. The average molecular weight is 352 g/mol. The molecule has 4 rings (SSSR count). The van der Waals surface area contributed by atoms with Gasteiger partial charge in [0.05, 0.1) is 5.88 Å². The molecule has 0 aromatic heterocycles. The van der Waals surface area contributed by atoms with Crippen molar-refractivity contribution in [2.24, 2.45) is 0 Å². The number of thioether (sulfide) groups is 1. The highest BCUT2D eigenvalue weighted by Gasteiger charge is 2.40. The second-order valence-electron chi connectivity index (χ2n) is 6.57. The predicted octanol–water partition coefficient (Wildman–Crippen LogP) is 3.35. The van der Waals surface area contributed by atoms with Crippen molar-refractivity contribution >= 4 is 29.3 Å². The van der Waals surface area contributed by atoms with Crippen molar-refractivity contribution in [1.82, 2.24) is 4.90 Å². The van der Waals surface area contributed by atoms with Gasteiger partial charge in [0.15, 0.2) is 0 Å². The average Bonchev–Trinajstić information content (AvgIpc) is 3.27. The van der Waals surface area contributed by atoms with Crippen LogP contribution in [0.1, 0.15) is 28.8 Å². The largest absolute Gasteiger partial charge is 0.316 e. The number of hydrogen-bond acceptors (Lipinski definition) is 3. The number of rotatable bonds is 2. The van der Waals surface area contributed by atoms with Crippen molar-refractivity contribution in [2.45, 2.75) is 18.9 Å². The van der Waals surface area contributed by atoms with Gasteiger partial charge in [0, 0.05) is 29.5 Å². The van der Waals surface area contributed by atoms with Crippen LogP contribution in [0.2, 0.25) is 0 Å². The highest BCUT2D eigenvalue weighted by molar-refractivity contribution is 7.99. The molecule has 1 saturated heterocycles. The topological polar surface area (TPSA) is 40.6 Å². The Labute approximate surface area is 151 Å². The van der Waals surface area contributed by atoms with Gasteiger partial charge in [-0.15, -0.1) is 11.8 Å². The van der Waals surface area contributed by atoms with Crippen LogP contribution in [0, 0.1) is 0 Å². The molecule has 2 aliphatic heterocycles. The number of para-hydroxylation sites is 1. The summed E-state index contributed by atoms with van der Waals surface area (Å²) in [5, 5.41) is 0. The summed E-state index contributed by atoms with van der Waals surface area (Å²) in [5.74, 6) is 1.52. The minimum atomic E-state index is -0.393. The molecule has 2 atom stereocenters. The molecule has 2 heterocycles. The van der Waals surface area contributed by atoms with Gasteiger partial charge in [0.2, 0.25) is 0 Å². The Morgan fingerprint density at radius 3 is 2.56 bits per heavy atom. The zero-order valence-corrected chi connectivity index (χ0v) is 14.9. The zero-order valence-electron chi connectivity index (χ0n) is 14.1. The lowest BCUT2D eigenvalue weighted by Crippen LogP contribution is -2.48. The van der Waals surface area contributed by atoms with Crippen molar-refractivity contribution in [2.75, 3.05) is 23.1 Å². The van der Waals surface area contributed by atoms with E-state index in [0.717, 1.165) is 5.69 Å². The number of amides is 2. The Hall–Kier alpha value is -2.27. The number of anilines is 1. The lowest BCUT2D eigenvalue weighted by atomic mass is 10.0. The number of carbonyl (C=O) groups excluding carboxylic acids is 2. The van der Waals surface area contributed by atoms with Crippen LogP contribution >= 0.6 is 11.8 Å². The smallest absolute Gasteiger partial charge is 0.255 e. The summed E-state index contributed by atoms with van der Waals surface area (Å²) < 4.78 is 0. The van der Waals surface area contributed by atoms with E-state index < -0.39 is 6.04 Å². The Morgan fingerprint density at radius 2 is 1.76 bits per heavy atom. The second kappa shape index (κ2) is 6.56. The number of nitrogens with zero attached hydrogens (tertiary/aromatic N) is 2. The van der Waals surface area contributed by atoms with Gasteiger partial charge < -0.3 is 9.80 Å². The molecule has 4 nitrogen and oxygen atoms in total. The lowest BCUT2D eigenvalue weighted by molar-refractivity contribution is -0.121. The van der Waals surface area contributed by atoms with E-state index in [-0.39, 0.29) is 11.8 Å². The zero-order chi connectivity index (χ0) is 17.4. The van der Waals surface area contributed by atoms with E-state index in [2.05, 4.69) is 13.0 Å². The van der Waals surface area contributed by atoms with Gasteiger partial charge >= 0.3 is 0 Å². The Kier molecular flexibility index (Phi) is 4.25. The molecule has 128 valence electrons. The third-order valence-corrected chi connectivity index (χ3v) is 5.94. The summed E-state index contributed by atoms with van der Waals surface area (Å²) in [7, 11) is 0. The van der Waals surface area contributed by atoms with Crippen LogP contribution in [-0.4, -0.2) is 40.9 Å². The molecule has 2 amide bonds. The van der Waals surface area contributed by atoms with Crippen LogP contribution in [0.25, 0.3) is 0 Å². The minimum Gasteiger partial charge on any atom is -0.316 e. The SMILES string of the molecule is C[C@@H]1CN(C(=O)[C@@H]2CSCN2C(=O)c2ccccc2)c2ccccc21. The Bertz CT molecular complexity index is 808. The molecule has 1 fully saturated rings. The van der Waals surface area contributed by atoms with E-state index in [1.54, 1.807) is 28.8 Å². The van der Waals surface area contributed by atoms with Crippen LogP contribution in [0.15, 0.2) is 54.6 Å². The predicted molar refractivity (Wildman–Crippen MR) is 101 cm³/mol. The Morgan fingerprint density at radius 1 is 1.04 bits per heavy atom. The third kappa shape index (κ3) is 2.82. The van der Waals surface area contributed by atoms with Gasteiger partial charge in [-0.1, -0.05) is 43.3 Å². The van der Waals surface area contributed by atoms with Crippen LogP contribution in [0.3, 0.4) is 0 Å². The molecule has 0 bridgehead atoms. The molecule has 0 N–H and O–H groups in total. The van der Waals surface area contributed by atoms with E-state index in [9.17, 15) is 9.59 Å². The maximum absolute atomic E-state index is 13.2. The number of benzene rings is 2. The molecule has 5 heteroatoms. The van der Waals surface area contributed by atoms with Crippen molar-refractivity contribution in [3.63, 3.8) is 0 Å². The monoisotopic (exact) mass is 352 g/mol. The summed E-state index contributed by atoms with van der Waals surface area (Å²) in [6.07, 6.45) is 0. The maximum Gasteiger partial charge on any atom is 0.255 e. The summed E-state index contributed by atoms with van der Waals surface area (Å²) >= 11 is 1.64. The highest BCUT2D eigenvalue weighted by atomic mass is 32.2. The van der Waals surface area contributed by atoms with Crippen molar-refractivity contribution in [3.8, 4) is 0 Å². The summed E-state index contributed by atoms with van der Waals surface area (Å²) in [6.45, 7) is 2.83. The van der Waals surface area contributed by atoms with Crippen LogP contribution < -0.4 is 4.90 Å². The van der Waals surface area contributed by atoms with Crippen molar-refractivity contribution in [1.29, 1.82) is 0 Å². The van der Waals surface area contributed by atoms with Gasteiger partial charge in [0.25, 0.3) is 11.8 Å². The van der Waals surface area contributed by atoms with Crippen LogP contribution in [-0.2, 0) is 4.79 Å². The normalized spacial score (nSPS) is 22.1. The van der Waals surface area contributed by atoms with E-state index in [1.165, 1.54) is 5.56 Å². The molecule has 25 heavy (non-hydrogen) atoms. The first-order chi connectivity index (χ1) is 12.2. The molecule has 0 unspecified atom stereocenters. The van der Waals surface area contributed by atoms with Crippen molar-refractivity contribution < 1.29 is 9.59 Å². The third-order valence-electron chi connectivity index (χ3n) is 4.93. The van der Waals surface area contributed by atoms with Gasteiger partial charge in [0.1, 0.15) is 6.04 Å². The molecule has 0 aliphatic carbocycles. The summed E-state index contributed by atoms with van der Waals surface area (Å²) in [6, 6.07) is 16.9. The quantitative estimate of drug-likeness (QED) is 0.832. The molecule has 2 aromatic carbocycles. The molecular formula is C20H20N2O2S. The minimum absolute atomic E-state index is 0.0334. The van der Waals surface area contributed by atoms with Gasteiger partial charge in [-0.05, 0) is 23.8 Å². The number of carbonyl (C=O) groups is 2. The fourth-order valence-corrected chi connectivity index (χ4v) is 4.75. The molecule has 2 aliphatic rings. The standard InChI is InChI=1S/C20H20N2O2S/c1-14-11-21(17-10-6-5-9-16(14)17)20(24)18-12-25-13-22(18)19(23)15-7-3-2-4-8-15/h2-10,14,18H,11-13H2,1H3/t14-,18+/m1/s1. The first kappa shape index (κ1) is 16.2. The summed E-state index contributed by atoms with van der Waals surface area (Å²) in [5.41, 5.74) is 2.84. The van der Waals surface area contributed by atoms with E-state index in [4.69, 9.17) is 0 Å². The van der Waals surface area contributed by atoms with E-state index in [0.29, 0.717) is 29.7 Å². The van der Waals surface area contributed by atoms with Crippen LogP contribution in [0.5, 0.6) is 0 Å². The van der Waals surface area contributed by atoms with Crippen molar-refractivity contribution in [3.05, 3.63) is 65.7 Å². The Balaban J connectivity index is 1.59. The second-order valence-corrected chi connectivity index (χ2v) is 7.57. The molecule has 0 radical (unpaired) electrons. The van der Waals surface area contributed by atoms with Gasteiger partial charge in [-0.25, -0.2) is 0 Å². The maximum atomic E-state index is 13.2. The first-order valence-electron chi connectivity index (χ1n) is 8.51. The number of fused-ring (bicyclic) bond motifs is 1. The fraction of sp³-hybridized carbons (Fsp3) is 0.300. The summed E-state index contributed by atoms with van der Waals surface area (Å²) in [4.78, 5) is 29.6. The van der Waals surface area contributed by atoms with Crippen LogP contribution in [0.4, 0.5) is 5.69 Å². The lowest BCUT2D eigenvalue weighted by Gasteiger charge is -2.27. The molecule has 2 aromatic rings.